The van der Waals surface area contributed by atoms with Gasteiger partial charge >= 0.3 is 0 Å². The lowest BCUT2D eigenvalue weighted by atomic mass is 9.95. The van der Waals surface area contributed by atoms with Gasteiger partial charge in [0.2, 0.25) is 10.0 Å². The highest BCUT2D eigenvalue weighted by molar-refractivity contribution is 7.88. The highest BCUT2D eigenvalue weighted by Gasteiger charge is 2.46. The van der Waals surface area contributed by atoms with E-state index in [1.165, 1.54) is 0 Å². The fraction of sp³-hybridized carbons (Fsp3) is 0.571. The van der Waals surface area contributed by atoms with E-state index in [0.29, 0.717) is 18.4 Å². The number of hydrogen-bond acceptors (Lipinski definition) is 3. The molecule has 2 heterocycles. The summed E-state index contributed by atoms with van der Waals surface area (Å²) < 4.78 is 26.8. The Bertz CT molecular complexity index is 544. The van der Waals surface area contributed by atoms with Gasteiger partial charge in [0.05, 0.1) is 5.75 Å². The molecule has 1 aromatic carbocycles. The normalized spacial score (nSPS) is 31.5. The summed E-state index contributed by atoms with van der Waals surface area (Å²) in [4.78, 5) is 0. The van der Waals surface area contributed by atoms with Crippen LogP contribution in [0.5, 0.6) is 0 Å². The van der Waals surface area contributed by atoms with E-state index in [9.17, 15) is 8.42 Å². The van der Waals surface area contributed by atoms with Gasteiger partial charge < -0.3 is 5.32 Å². The molecule has 2 aliphatic rings. The monoisotopic (exact) mass is 280 g/mol. The van der Waals surface area contributed by atoms with Crippen molar-refractivity contribution in [2.45, 2.75) is 18.7 Å². The molecule has 3 unspecified atom stereocenters. The lowest BCUT2D eigenvalue weighted by Gasteiger charge is -2.23. The Morgan fingerprint density at radius 3 is 2.68 bits per heavy atom. The van der Waals surface area contributed by atoms with Crippen molar-refractivity contribution in [2.75, 3.05) is 19.6 Å². The number of nitrogens with one attached hydrogen (secondary N) is 1. The molecule has 19 heavy (non-hydrogen) atoms. The molecule has 1 aromatic rings. The first-order chi connectivity index (χ1) is 9.08. The van der Waals surface area contributed by atoms with E-state index in [1.807, 2.05) is 37.3 Å². The molecule has 4 nitrogen and oxygen atoms in total. The first kappa shape index (κ1) is 13.1. The van der Waals surface area contributed by atoms with Crippen molar-refractivity contribution in [3.8, 4) is 0 Å². The van der Waals surface area contributed by atoms with E-state index in [-0.39, 0.29) is 11.8 Å². The number of benzene rings is 1. The average Bonchev–Trinajstić information content (AvgIpc) is 2.94. The molecule has 2 saturated heterocycles. The van der Waals surface area contributed by atoms with Crippen molar-refractivity contribution in [1.82, 2.24) is 9.62 Å². The number of rotatable bonds is 3. The van der Waals surface area contributed by atoms with E-state index in [4.69, 9.17) is 0 Å². The van der Waals surface area contributed by atoms with Crippen molar-refractivity contribution < 1.29 is 8.42 Å². The van der Waals surface area contributed by atoms with Crippen LogP contribution in [0.15, 0.2) is 30.3 Å². The summed E-state index contributed by atoms with van der Waals surface area (Å²) in [5.41, 5.74) is 0.866. The Morgan fingerprint density at radius 1 is 1.26 bits per heavy atom. The van der Waals surface area contributed by atoms with Crippen LogP contribution in [0.4, 0.5) is 0 Å². The van der Waals surface area contributed by atoms with Crippen LogP contribution in [0, 0.1) is 11.8 Å². The van der Waals surface area contributed by atoms with Gasteiger partial charge in [-0.05, 0) is 37.4 Å². The third-order valence-corrected chi connectivity index (χ3v) is 6.32. The maximum atomic E-state index is 12.5. The van der Waals surface area contributed by atoms with E-state index < -0.39 is 10.0 Å². The second-order valence-electron chi connectivity index (χ2n) is 5.63. The number of fused-ring (bicyclic) bond motifs is 1. The minimum atomic E-state index is -3.20. The summed E-state index contributed by atoms with van der Waals surface area (Å²) >= 11 is 0. The molecular formula is C14H20N2O2S. The van der Waals surface area contributed by atoms with Crippen LogP contribution in [0.1, 0.15) is 12.5 Å². The van der Waals surface area contributed by atoms with Gasteiger partial charge in [-0.2, -0.15) is 4.31 Å². The molecule has 0 aromatic heterocycles. The van der Waals surface area contributed by atoms with Gasteiger partial charge in [0.25, 0.3) is 0 Å². The van der Waals surface area contributed by atoms with Crippen LogP contribution >= 0.6 is 0 Å². The third kappa shape index (κ3) is 2.42. The summed E-state index contributed by atoms with van der Waals surface area (Å²) in [5, 5.41) is 3.35. The lowest BCUT2D eigenvalue weighted by molar-refractivity contribution is 0.360. The molecule has 0 radical (unpaired) electrons. The van der Waals surface area contributed by atoms with E-state index in [2.05, 4.69) is 5.32 Å². The minimum absolute atomic E-state index is 0.116. The van der Waals surface area contributed by atoms with Crippen molar-refractivity contribution in [3.05, 3.63) is 35.9 Å². The van der Waals surface area contributed by atoms with Gasteiger partial charge in [0.15, 0.2) is 0 Å². The van der Waals surface area contributed by atoms with Gasteiger partial charge in [-0.15, -0.1) is 0 Å². The number of hydrogen-bond donors (Lipinski definition) is 1. The van der Waals surface area contributed by atoms with Crippen LogP contribution in [-0.2, 0) is 15.8 Å². The minimum Gasteiger partial charge on any atom is -0.316 e. The smallest absolute Gasteiger partial charge is 0.218 e. The molecule has 2 fully saturated rings. The summed E-state index contributed by atoms with van der Waals surface area (Å²) in [6.07, 6.45) is 0. The molecule has 0 saturated carbocycles. The maximum Gasteiger partial charge on any atom is 0.218 e. The van der Waals surface area contributed by atoms with Gasteiger partial charge in [0.1, 0.15) is 0 Å². The zero-order valence-electron chi connectivity index (χ0n) is 11.1. The Balaban J connectivity index is 1.78. The van der Waals surface area contributed by atoms with Crippen molar-refractivity contribution in [2.24, 2.45) is 11.8 Å². The molecule has 3 rings (SSSR count). The predicted octanol–water partition coefficient (Wildman–Crippen LogP) is 1.06. The predicted molar refractivity (Wildman–Crippen MR) is 75.1 cm³/mol. The van der Waals surface area contributed by atoms with Gasteiger partial charge in [-0.1, -0.05) is 30.3 Å². The van der Waals surface area contributed by atoms with Gasteiger partial charge in [-0.25, -0.2) is 8.42 Å². The fourth-order valence-corrected chi connectivity index (χ4v) is 5.22. The molecule has 0 bridgehead atoms. The van der Waals surface area contributed by atoms with E-state index in [0.717, 1.165) is 18.7 Å². The molecule has 0 spiro atoms. The molecule has 2 aliphatic heterocycles. The fourth-order valence-electron chi connectivity index (χ4n) is 3.36. The Morgan fingerprint density at radius 2 is 2.00 bits per heavy atom. The highest BCUT2D eigenvalue weighted by Crippen LogP contribution is 2.34. The quantitative estimate of drug-likeness (QED) is 0.900. The molecule has 104 valence electrons. The molecule has 1 N–H and O–H groups in total. The third-order valence-electron chi connectivity index (χ3n) is 4.43. The zero-order chi connectivity index (χ0) is 13.5. The maximum absolute atomic E-state index is 12.5. The Hall–Kier alpha value is -0.910. The highest BCUT2D eigenvalue weighted by atomic mass is 32.2. The van der Waals surface area contributed by atoms with Gasteiger partial charge in [-0.3, -0.25) is 0 Å². The topological polar surface area (TPSA) is 49.4 Å². The molecule has 0 aliphatic carbocycles. The average molecular weight is 280 g/mol. The molecule has 3 atom stereocenters. The largest absolute Gasteiger partial charge is 0.316 e. The summed E-state index contributed by atoms with van der Waals surface area (Å²) in [6, 6.07) is 9.55. The van der Waals surface area contributed by atoms with Crippen molar-refractivity contribution >= 4 is 10.0 Å². The van der Waals surface area contributed by atoms with Crippen LogP contribution in [0.25, 0.3) is 0 Å². The first-order valence-corrected chi connectivity index (χ1v) is 8.43. The molecule has 0 amide bonds. The number of sulfonamides is 1. The van der Waals surface area contributed by atoms with E-state index >= 15 is 0 Å². The van der Waals surface area contributed by atoms with Crippen LogP contribution in [0.2, 0.25) is 0 Å². The number of nitrogens with zero attached hydrogens (tertiary/aromatic N) is 1. The summed E-state index contributed by atoms with van der Waals surface area (Å²) in [6.45, 7) is 4.61. The second-order valence-corrected chi connectivity index (χ2v) is 7.56. The molecular weight excluding hydrogens is 260 g/mol. The second kappa shape index (κ2) is 4.89. The first-order valence-electron chi connectivity index (χ1n) is 6.82. The van der Waals surface area contributed by atoms with E-state index in [1.54, 1.807) is 4.31 Å². The molecule has 5 heteroatoms. The Kier molecular flexibility index (Phi) is 3.37. The van der Waals surface area contributed by atoms with Crippen LogP contribution in [0.3, 0.4) is 0 Å². The van der Waals surface area contributed by atoms with Crippen LogP contribution < -0.4 is 5.32 Å². The summed E-state index contributed by atoms with van der Waals surface area (Å²) in [7, 11) is -3.20. The van der Waals surface area contributed by atoms with Gasteiger partial charge in [0, 0.05) is 12.6 Å². The zero-order valence-corrected chi connectivity index (χ0v) is 11.9. The van der Waals surface area contributed by atoms with Crippen molar-refractivity contribution in [3.63, 3.8) is 0 Å². The Labute approximate surface area is 114 Å². The van der Waals surface area contributed by atoms with Crippen molar-refractivity contribution in [1.29, 1.82) is 0 Å². The summed E-state index contributed by atoms with van der Waals surface area (Å²) in [5.74, 6) is 1.08. The van der Waals surface area contributed by atoms with Crippen LogP contribution in [-0.4, -0.2) is 38.4 Å². The lowest BCUT2D eigenvalue weighted by Crippen LogP contribution is -2.38. The standard InChI is InChI=1S/C14H20N2O2S/c1-11-14-8-15-7-13(14)9-16(11)19(17,18)10-12-5-3-2-4-6-12/h2-6,11,13-15H,7-10H2,1H3. The SMILES string of the molecule is CC1C2CNCC2CN1S(=O)(=O)Cc1ccccc1.